The normalized spacial score (nSPS) is 31.1. The van der Waals surface area contributed by atoms with E-state index in [2.05, 4.69) is 9.97 Å². The largest absolute Gasteiger partial charge is 0.370 e. The second kappa shape index (κ2) is 7.20. The molecule has 3 unspecified atom stereocenters. The lowest BCUT2D eigenvalue weighted by molar-refractivity contribution is -0.212. The Morgan fingerprint density at radius 3 is 2.78 bits per heavy atom. The number of hydrogen-bond donors (Lipinski definition) is 0. The zero-order valence-electron chi connectivity index (χ0n) is 17.9. The molecule has 0 N–H and O–H groups in total. The number of ether oxygens (including phenoxy) is 4. The minimum absolute atomic E-state index is 0.114. The molecule has 0 aliphatic carbocycles. The number of halogens is 2. The number of benzene rings is 1. The maximum Gasteiger partial charge on any atom is 0.164 e. The molecule has 5 atom stereocenters. The van der Waals surface area contributed by atoms with E-state index in [0.717, 1.165) is 22.3 Å². The van der Waals surface area contributed by atoms with Crippen LogP contribution in [0.25, 0.3) is 11.0 Å². The Kier molecular flexibility index (Phi) is 4.61. The molecule has 7 nitrogen and oxygen atoms in total. The summed E-state index contributed by atoms with van der Waals surface area (Å²) in [4.78, 5) is 8.75. The molecule has 1 aromatic carbocycles. The van der Waals surface area contributed by atoms with Gasteiger partial charge in [-0.05, 0) is 50.5 Å². The molecule has 3 aromatic rings. The molecule has 3 aliphatic rings. The molecule has 0 saturated carbocycles. The summed E-state index contributed by atoms with van der Waals surface area (Å²) >= 11 is 6.03. The number of aromatic nitrogens is 3. The van der Waals surface area contributed by atoms with Crippen molar-refractivity contribution in [3.05, 3.63) is 58.4 Å². The maximum atomic E-state index is 14.7. The van der Waals surface area contributed by atoms with E-state index in [1.807, 2.05) is 43.7 Å². The van der Waals surface area contributed by atoms with E-state index in [1.165, 1.54) is 0 Å². The van der Waals surface area contributed by atoms with Gasteiger partial charge < -0.3 is 23.5 Å². The molecule has 6 rings (SSSR count). The van der Waals surface area contributed by atoms with E-state index in [9.17, 15) is 4.39 Å². The average molecular weight is 460 g/mol. The highest BCUT2D eigenvalue weighted by molar-refractivity contribution is 6.30. The van der Waals surface area contributed by atoms with Gasteiger partial charge in [-0.1, -0.05) is 17.7 Å². The summed E-state index contributed by atoms with van der Waals surface area (Å²) in [5.74, 6) is -1.18. The van der Waals surface area contributed by atoms with Crippen LogP contribution in [-0.2, 0) is 25.4 Å². The van der Waals surface area contributed by atoms with Crippen molar-refractivity contribution in [2.75, 3.05) is 6.61 Å². The van der Waals surface area contributed by atoms with Crippen LogP contribution in [0.3, 0.4) is 0 Å². The van der Waals surface area contributed by atoms with Crippen molar-refractivity contribution in [3.63, 3.8) is 0 Å². The predicted octanol–water partition coefficient (Wildman–Crippen LogP) is 4.26. The van der Waals surface area contributed by atoms with Crippen LogP contribution in [0.15, 0.2) is 30.7 Å². The Hall–Kier alpha value is -2.10. The molecular weight excluding hydrogens is 437 g/mol. The van der Waals surface area contributed by atoms with Gasteiger partial charge in [-0.15, -0.1) is 0 Å². The highest BCUT2D eigenvalue weighted by Crippen LogP contribution is 2.49. The topological polar surface area (TPSA) is 67.6 Å². The van der Waals surface area contributed by atoms with Gasteiger partial charge >= 0.3 is 0 Å². The number of fused-ring (bicyclic) bond motifs is 3. The molecule has 32 heavy (non-hydrogen) atoms. The smallest absolute Gasteiger partial charge is 0.164 e. The minimum Gasteiger partial charge on any atom is -0.370 e. The van der Waals surface area contributed by atoms with Crippen molar-refractivity contribution in [1.29, 1.82) is 0 Å². The first-order chi connectivity index (χ1) is 15.3. The molecule has 3 aliphatic heterocycles. The summed E-state index contributed by atoms with van der Waals surface area (Å²) in [5.41, 5.74) is 2.97. The predicted molar refractivity (Wildman–Crippen MR) is 114 cm³/mol. The highest BCUT2D eigenvalue weighted by atomic mass is 35.5. The van der Waals surface area contributed by atoms with Crippen LogP contribution in [0.5, 0.6) is 0 Å². The fourth-order valence-electron chi connectivity index (χ4n) is 5.16. The number of aryl methyl sites for hydroxylation is 1. The third-order valence-corrected chi connectivity index (χ3v) is 6.83. The Morgan fingerprint density at radius 2 is 1.94 bits per heavy atom. The zero-order valence-corrected chi connectivity index (χ0v) is 18.7. The van der Waals surface area contributed by atoms with Crippen LogP contribution in [0.4, 0.5) is 4.39 Å². The van der Waals surface area contributed by atoms with Gasteiger partial charge in [-0.2, -0.15) is 0 Å². The molecule has 5 heterocycles. The second-order valence-corrected chi connectivity index (χ2v) is 9.35. The van der Waals surface area contributed by atoms with Gasteiger partial charge in [0.05, 0.1) is 17.3 Å². The van der Waals surface area contributed by atoms with Crippen LogP contribution in [0.2, 0.25) is 5.02 Å². The minimum atomic E-state index is -0.786. The van der Waals surface area contributed by atoms with Crippen molar-refractivity contribution in [2.45, 2.75) is 63.6 Å². The molecule has 2 saturated heterocycles. The van der Waals surface area contributed by atoms with Crippen LogP contribution in [0, 0.1) is 12.7 Å². The SMILES string of the molecule is Cc1ncnc2c1ccn2C1OC([C@@H]2OCCc3c2ccc(Cl)c3F)[C@H]2OC(C)(C)OC12. The number of rotatable bonds is 2. The molecule has 0 bridgehead atoms. The average Bonchev–Trinajstić information content (AvgIpc) is 3.42. The standard InChI is InChI=1S/C23H23ClFN3O4/c1-11-12-6-8-28(21(12)27-10-26-11)22-20-19(31-23(2,3)32-20)18(30-22)17-14-4-5-15(24)16(25)13(14)7-9-29-17/h4-6,8,10,17-20,22H,7,9H2,1-3H3/t17-,18?,19-,20?,22?/m1/s1. The fraction of sp³-hybridized carbons (Fsp3) is 0.478. The lowest BCUT2D eigenvalue weighted by atomic mass is 9.91. The molecule has 0 spiro atoms. The fourth-order valence-corrected chi connectivity index (χ4v) is 5.33. The third kappa shape index (κ3) is 3.01. The van der Waals surface area contributed by atoms with Gasteiger partial charge in [0.2, 0.25) is 0 Å². The summed E-state index contributed by atoms with van der Waals surface area (Å²) in [6.07, 6.45) is 1.68. The van der Waals surface area contributed by atoms with Gasteiger partial charge in [0.1, 0.15) is 42.2 Å². The van der Waals surface area contributed by atoms with Crippen molar-refractivity contribution >= 4 is 22.6 Å². The van der Waals surface area contributed by atoms with Gasteiger partial charge in [0.15, 0.2) is 12.0 Å². The van der Waals surface area contributed by atoms with E-state index in [0.29, 0.717) is 18.6 Å². The number of nitrogens with zero attached hydrogens (tertiary/aromatic N) is 3. The van der Waals surface area contributed by atoms with E-state index in [-0.39, 0.29) is 11.1 Å². The summed E-state index contributed by atoms with van der Waals surface area (Å²) in [6, 6.07) is 5.36. The highest BCUT2D eigenvalue weighted by Gasteiger charge is 2.58. The summed E-state index contributed by atoms with van der Waals surface area (Å²) in [5, 5.41) is 1.06. The van der Waals surface area contributed by atoms with Crippen LogP contribution in [0.1, 0.15) is 43.0 Å². The quantitative estimate of drug-likeness (QED) is 0.570. The lowest BCUT2D eigenvalue weighted by Gasteiger charge is -2.33. The molecular formula is C23H23ClFN3O4. The maximum absolute atomic E-state index is 14.7. The van der Waals surface area contributed by atoms with Crippen LogP contribution < -0.4 is 0 Å². The van der Waals surface area contributed by atoms with Crippen LogP contribution >= 0.6 is 11.6 Å². The number of hydrogen-bond acceptors (Lipinski definition) is 6. The first kappa shape index (κ1) is 20.5. The second-order valence-electron chi connectivity index (χ2n) is 8.95. The van der Waals surface area contributed by atoms with Crippen molar-refractivity contribution in [1.82, 2.24) is 14.5 Å². The van der Waals surface area contributed by atoms with E-state index < -0.39 is 36.1 Å². The van der Waals surface area contributed by atoms with Gasteiger partial charge in [0.25, 0.3) is 0 Å². The van der Waals surface area contributed by atoms with Crippen LogP contribution in [-0.4, -0.2) is 45.2 Å². The lowest BCUT2D eigenvalue weighted by Crippen LogP contribution is -2.37. The van der Waals surface area contributed by atoms with Crippen molar-refractivity contribution in [3.8, 4) is 0 Å². The molecule has 9 heteroatoms. The molecule has 2 fully saturated rings. The first-order valence-corrected chi connectivity index (χ1v) is 11.1. The van der Waals surface area contributed by atoms with E-state index in [4.69, 9.17) is 30.5 Å². The zero-order chi connectivity index (χ0) is 22.2. The summed E-state index contributed by atoms with van der Waals surface area (Å²) < 4.78 is 41.9. The summed E-state index contributed by atoms with van der Waals surface area (Å²) in [6.45, 7) is 6.09. The van der Waals surface area contributed by atoms with E-state index >= 15 is 0 Å². The Labute approximate surface area is 189 Å². The van der Waals surface area contributed by atoms with Gasteiger partial charge in [-0.3, -0.25) is 0 Å². The Morgan fingerprint density at radius 1 is 1.12 bits per heavy atom. The Balaban J connectivity index is 1.43. The van der Waals surface area contributed by atoms with Crippen molar-refractivity contribution < 1.29 is 23.3 Å². The van der Waals surface area contributed by atoms with Gasteiger partial charge in [-0.25, -0.2) is 14.4 Å². The van der Waals surface area contributed by atoms with E-state index in [1.54, 1.807) is 12.4 Å². The molecule has 168 valence electrons. The molecule has 2 aromatic heterocycles. The van der Waals surface area contributed by atoms with Gasteiger partial charge in [0, 0.05) is 11.6 Å². The molecule has 0 amide bonds. The molecule has 0 radical (unpaired) electrons. The van der Waals surface area contributed by atoms with Crippen molar-refractivity contribution in [2.24, 2.45) is 0 Å². The first-order valence-electron chi connectivity index (χ1n) is 10.7. The monoisotopic (exact) mass is 459 g/mol. The third-order valence-electron chi connectivity index (χ3n) is 6.53. The Bertz CT molecular complexity index is 1220. The summed E-state index contributed by atoms with van der Waals surface area (Å²) in [7, 11) is 0.